The molecular weight excluding hydrogens is 890 g/mol. The molecule has 0 aliphatic heterocycles. The zero-order valence-corrected chi connectivity index (χ0v) is 36.8. The summed E-state index contributed by atoms with van der Waals surface area (Å²) in [5.41, 5.74) is 14.7. The maximum absolute atomic E-state index is 11.7. The molecule has 0 radical (unpaired) electrons. The van der Waals surface area contributed by atoms with Crippen LogP contribution in [0.5, 0.6) is 5.75 Å². The van der Waals surface area contributed by atoms with E-state index in [0.717, 1.165) is 78.2 Å². The Bertz CT molecular complexity index is 2730. The number of fused-ring (bicyclic) bond motifs is 1. The van der Waals surface area contributed by atoms with E-state index in [-0.39, 0.29) is 32.2 Å². The fraction of sp³-hybridized carbons (Fsp3) is 0.208. The van der Waals surface area contributed by atoms with Gasteiger partial charge in [-0.2, -0.15) is 0 Å². The van der Waals surface area contributed by atoms with E-state index in [1.165, 1.54) is 11.1 Å². The topological polar surface area (TPSA) is 50.9 Å². The van der Waals surface area contributed by atoms with Crippen LogP contribution in [-0.4, -0.2) is 19.6 Å². The Morgan fingerprint density at radius 2 is 1.29 bits per heavy atom. The van der Waals surface area contributed by atoms with Crippen LogP contribution in [0.2, 0.25) is 0 Å². The molecule has 0 aliphatic rings. The van der Waals surface area contributed by atoms with Gasteiger partial charge < -0.3 is 9.67 Å². The van der Waals surface area contributed by atoms with Gasteiger partial charge in [0.1, 0.15) is 11.6 Å². The Labute approximate surface area is 358 Å². The molecule has 4 nitrogen and oxygen atoms in total. The van der Waals surface area contributed by atoms with Gasteiger partial charge in [0, 0.05) is 38.9 Å². The summed E-state index contributed by atoms with van der Waals surface area (Å²) < 4.78 is 2.30. The minimum atomic E-state index is -0.508. The molecule has 0 bridgehead atoms. The molecule has 1 N–H and O–H groups in total. The number of pyridine rings is 1. The molecule has 58 heavy (non-hydrogen) atoms. The standard InChI is InChI=1S/C53H50N3O.Pt/c1-34-28-41(31-42(29-34)47-32-40(26-27-54-47)39-24-22-38(23-25-39)36(3)37-16-11-9-12-17-37)45-20-15-21-48-49(45)55-51(56(48)53(7,8)43-18-13-10-14-19-43)46-33-44(52(4,5)6)30-35(2)50(46)57;/h9-30,32-33,36,57H,1-8H3;/q-1;. The van der Waals surface area contributed by atoms with E-state index < -0.39 is 5.54 Å². The number of phenolic OH excluding ortho intramolecular Hbond substituents is 1. The van der Waals surface area contributed by atoms with Crippen molar-refractivity contribution in [3.05, 3.63) is 185 Å². The third kappa shape index (κ3) is 7.71. The first kappa shape index (κ1) is 40.6. The van der Waals surface area contributed by atoms with Crippen LogP contribution in [-0.2, 0) is 32.0 Å². The number of para-hydroxylation sites is 1. The van der Waals surface area contributed by atoms with Gasteiger partial charge in [0.05, 0.1) is 22.1 Å². The molecule has 1 atom stereocenters. The minimum absolute atomic E-state index is 0. The molecule has 5 heteroatoms. The summed E-state index contributed by atoms with van der Waals surface area (Å²) in [5, 5.41) is 11.7. The van der Waals surface area contributed by atoms with E-state index in [2.05, 4.69) is 193 Å². The molecule has 1 unspecified atom stereocenters. The fourth-order valence-electron chi connectivity index (χ4n) is 8.07. The van der Waals surface area contributed by atoms with Crippen LogP contribution in [0.3, 0.4) is 0 Å². The summed E-state index contributed by atoms with van der Waals surface area (Å²) in [6.45, 7) is 17.4. The Morgan fingerprint density at radius 3 is 1.98 bits per heavy atom. The van der Waals surface area contributed by atoms with E-state index in [1.54, 1.807) is 0 Å². The summed E-state index contributed by atoms with van der Waals surface area (Å²) in [7, 11) is 0. The molecule has 2 aromatic heterocycles. The van der Waals surface area contributed by atoms with E-state index >= 15 is 0 Å². The number of aromatic hydroxyl groups is 1. The van der Waals surface area contributed by atoms with Crippen molar-refractivity contribution in [2.24, 2.45) is 0 Å². The summed E-state index contributed by atoms with van der Waals surface area (Å²) in [6.07, 6.45) is 1.89. The van der Waals surface area contributed by atoms with Gasteiger partial charge in [0.15, 0.2) is 0 Å². The monoisotopic (exact) mass is 939 g/mol. The quantitative estimate of drug-likeness (QED) is 0.154. The summed E-state index contributed by atoms with van der Waals surface area (Å²) >= 11 is 0. The Morgan fingerprint density at radius 1 is 0.638 bits per heavy atom. The van der Waals surface area contributed by atoms with Gasteiger partial charge in [-0.1, -0.05) is 155 Å². The van der Waals surface area contributed by atoms with Gasteiger partial charge in [-0.25, -0.2) is 4.98 Å². The molecule has 0 fully saturated rings. The number of hydrogen-bond donors (Lipinski definition) is 1. The molecule has 0 aliphatic carbocycles. The van der Waals surface area contributed by atoms with Crippen molar-refractivity contribution >= 4 is 11.0 Å². The van der Waals surface area contributed by atoms with Crippen LogP contribution in [0, 0.1) is 19.9 Å². The maximum Gasteiger partial charge on any atom is 0.144 e. The second-order valence-electron chi connectivity index (χ2n) is 17.0. The molecule has 2 heterocycles. The number of aromatic nitrogens is 3. The predicted octanol–water partition coefficient (Wildman–Crippen LogP) is 13.5. The molecule has 6 aromatic carbocycles. The average Bonchev–Trinajstić information content (AvgIpc) is 3.62. The van der Waals surface area contributed by atoms with Crippen LogP contribution in [0.1, 0.15) is 80.8 Å². The number of benzene rings is 6. The summed E-state index contributed by atoms with van der Waals surface area (Å²) in [4.78, 5) is 10.3. The summed E-state index contributed by atoms with van der Waals surface area (Å²) in [6, 6.07) is 53.0. The van der Waals surface area contributed by atoms with Crippen molar-refractivity contribution < 1.29 is 26.2 Å². The van der Waals surface area contributed by atoms with Gasteiger partial charge >= 0.3 is 0 Å². The Kier molecular flexibility index (Phi) is 11.2. The molecule has 0 spiro atoms. The van der Waals surface area contributed by atoms with E-state index in [0.29, 0.717) is 5.92 Å². The number of aryl methyl sites for hydroxylation is 2. The van der Waals surface area contributed by atoms with E-state index in [1.807, 2.05) is 19.2 Å². The molecule has 8 rings (SSSR count). The van der Waals surface area contributed by atoms with E-state index in [4.69, 9.17) is 9.97 Å². The zero-order chi connectivity index (χ0) is 40.1. The van der Waals surface area contributed by atoms with Crippen molar-refractivity contribution in [1.82, 2.24) is 14.5 Å². The zero-order valence-electron chi connectivity index (χ0n) is 34.5. The van der Waals surface area contributed by atoms with Crippen molar-refractivity contribution in [3.8, 4) is 50.6 Å². The number of nitrogens with zero attached hydrogens (tertiary/aromatic N) is 3. The fourth-order valence-corrected chi connectivity index (χ4v) is 8.07. The smallest absolute Gasteiger partial charge is 0.144 e. The Hall–Kier alpha value is -5.57. The third-order valence-electron chi connectivity index (χ3n) is 11.5. The minimum Gasteiger partial charge on any atom is -0.507 e. The molecule has 0 saturated carbocycles. The van der Waals surface area contributed by atoms with Crippen LogP contribution in [0.4, 0.5) is 0 Å². The van der Waals surface area contributed by atoms with Crippen molar-refractivity contribution in [1.29, 1.82) is 0 Å². The van der Waals surface area contributed by atoms with Gasteiger partial charge in [-0.05, 0) is 83.3 Å². The summed E-state index contributed by atoms with van der Waals surface area (Å²) in [5.74, 6) is 1.29. The van der Waals surface area contributed by atoms with Gasteiger partial charge in [-0.3, -0.25) is 4.98 Å². The van der Waals surface area contributed by atoms with Crippen LogP contribution in [0.15, 0.2) is 146 Å². The number of imidazole rings is 1. The number of phenols is 1. The first-order valence-electron chi connectivity index (χ1n) is 19.9. The largest absolute Gasteiger partial charge is 0.507 e. The molecule has 0 amide bonds. The number of rotatable bonds is 8. The second-order valence-corrected chi connectivity index (χ2v) is 17.0. The maximum atomic E-state index is 11.7. The number of hydrogen-bond acceptors (Lipinski definition) is 3. The Balaban J connectivity index is 0.00000512. The van der Waals surface area contributed by atoms with Gasteiger partial charge in [0.2, 0.25) is 0 Å². The predicted molar refractivity (Wildman–Crippen MR) is 237 cm³/mol. The normalized spacial score (nSPS) is 12.3. The third-order valence-corrected chi connectivity index (χ3v) is 11.5. The van der Waals surface area contributed by atoms with Crippen LogP contribution in [0.25, 0.3) is 55.9 Å². The molecule has 0 saturated heterocycles. The van der Waals surface area contributed by atoms with Crippen LogP contribution < -0.4 is 0 Å². The molecule has 8 aromatic rings. The molecular formula is C53H50N3OPt-. The molecule has 294 valence electrons. The second kappa shape index (κ2) is 16.0. The van der Waals surface area contributed by atoms with Gasteiger partial charge in [-0.15, -0.1) is 29.3 Å². The SMILES string of the molecule is Cc1cc(-c2cc(-c3ccc(C(C)c4ccccc4)cc3)ccn2)[c-]c(-c2cccc3c2nc(-c2cc(C(C)(C)C)cc(C)c2O)n3C(C)(C)c2ccccc2)c1.[Pt]. The average molecular weight is 940 g/mol. The first-order chi connectivity index (χ1) is 27.3. The van der Waals surface area contributed by atoms with Gasteiger partial charge in [0.25, 0.3) is 0 Å². The van der Waals surface area contributed by atoms with Crippen molar-refractivity contribution in [3.63, 3.8) is 0 Å². The van der Waals surface area contributed by atoms with Crippen molar-refractivity contribution in [2.75, 3.05) is 0 Å². The first-order valence-corrected chi connectivity index (χ1v) is 19.9. The van der Waals surface area contributed by atoms with E-state index in [9.17, 15) is 5.11 Å². The van der Waals surface area contributed by atoms with Crippen LogP contribution >= 0.6 is 0 Å². The van der Waals surface area contributed by atoms with Crippen molar-refractivity contribution in [2.45, 2.75) is 72.3 Å².